The van der Waals surface area contributed by atoms with Crippen LogP contribution in [-0.4, -0.2) is 46.3 Å². The number of carbonyl (C=O) groups is 1. The molecule has 0 aromatic carbocycles. The molecule has 3 heterocycles. The normalized spacial score (nSPS) is 21.8. The van der Waals surface area contributed by atoms with Gasteiger partial charge in [-0.25, -0.2) is 0 Å². The third-order valence-corrected chi connectivity index (χ3v) is 3.85. The molecule has 0 saturated carbocycles. The zero-order valence-electron chi connectivity index (χ0n) is 10.4. The number of fused-ring (bicyclic) bond motifs is 1. The summed E-state index contributed by atoms with van der Waals surface area (Å²) in [7, 11) is 0. The van der Waals surface area contributed by atoms with Crippen LogP contribution in [0.3, 0.4) is 0 Å². The number of amides is 1. The monoisotopic (exact) mass is 249 g/mol. The molecule has 1 amide bonds. The standard InChI is InChI=1S/C12H19N5O/c13-11-7-10-3-6-16(9-1-4-14-5-2-9)12(18)8-17(10)15-11/h7,9,14H,1-6,8H2,(H2,13,15). The lowest BCUT2D eigenvalue weighted by atomic mass is 10.0. The van der Waals surface area contributed by atoms with Crippen molar-refractivity contribution >= 4 is 11.7 Å². The van der Waals surface area contributed by atoms with E-state index in [1.165, 1.54) is 0 Å². The SMILES string of the molecule is Nc1cc2n(n1)CC(=O)N(C1CCNCC1)CC2. The Labute approximate surface area is 106 Å². The molecule has 2 aliphatic rings. The molecule has 3 rings (SSSR count). The van der Waals surface area contributed by atoms with Crippen molar-refractivity contribution in [3.05, 3.63) is 11.8 Å². The van der Waals surface area contributed by atoms with E-state index in [4.69, 9.17) is 5.73 Å². The van der Waals surface area contributed by atoms with Gasteiger partial charge in [-0.2, -0.15) is 5.10 Å². The molecule has 2 aliphatic heterocycles. The van der Waals surface area contributed by atoms with Crippen LogP contribution in [0.1, 0.15) is 18.5 Å². The van der Waals surface area contributed by atoms with Crippen LogP contribution in [0.5, 0.6) is 0 Å². The molecule has 0 unspecified atom stereocenters. The zero-order valence-corrected chi connectivity index (χ0v) is 10.4. The first kappa shape index (κ1) is 11.5. The smallest absolute Gasteiger partial charge is 0.244 e. The Kier molecular flexibility index (Phi) is 2.95. The van der Waals surface area contributed by atoms with E-state index in [1.54, 1.807) is 4.68 Å². The molecule has 6 heteroatoms. The molecule has 0 radical (unpaired) electrons. The number of nitrogens with two attached hydrogens (primary N) is 1. The lowest BCUT2D eigenvalue weighted by Gasteiger charge is -2.33. The van der Waals surface area contributed by atoms with Crippen LogP contribution in [0.15, 0.2) is 6.07 Å². The minimum atomic E-state index is 0.170. The van der Waals surface area contributed by atoms with Gasteiger partial charge >= 0.3 is 0 Å². The maximum atomic E-state index is 12.3. The number of hydrogen-bond donors (Lipinski definition) is 2. The molecule has 0 aliphatic carbocycles. The molecule has 0 bridgehead atoms. The molecule has 6 nitrogen and oxygen atoms in total. The molecule has 18 heavy (non-hydrogen) atoms. The van der Waals surface area contributed by atoms with E-state index in [-0.39, 0.29) is 5.91 Å². The van der Waals surface area contributed by atoms with Gasteiger partial charge < -0.3 is 16.0 Å². The maximum absolute atomic E-state index is 12.3. The fourth-order valence-corrected chi connectivity index (χ4v) is 2.90. The van der Waals surface area contributed by atoms with E-state index >= 15 is 0 Å². The van der Waals surface area contributed by atoms with E-state index in [2.05, 4.69) is 10.4 Å². The Morgan fingerprint density at radius 3 is 2.94 bits per heavy atom. The Morgan fingerprint density at radius 1 is 1.39 bits per heavy atom. The Hall–Kier alpha value is -1.56. The van der Waals surface area contributed by atoms with E-state index in [0.717, 1.165) is 44.6 Å². The Balaban J connectivity index is 1.76. The molecular weight excluding hydrogens is 230 g/mol. The third-order valence-electron chi connectivity index (χ3n) is 3.85. The highest BCUT2D eigenvalue weighted by Crippen LogP contribution is 2.18. The number of nitrogens with one attached hydrogen (secondary N) is 1. The van der Waals surface area contributed by atoms with Gasteiger partial charge in [-0.05, 0) is 25.9 Å². The number of carbonyl (C=O) groups excluding carboxylic acids is 1. The topological polar surface area (TPSA) is 76.2 Å². The lowest BCUT2D eigenvalue weighted by Crippen LogP contribution is -2.47. The summed E-state index contributed by atoms with van der Waals surface area (Å²) in [5.74, 6) is 0.678. The van der Waals surface area contributed by atoms with Crippen LogP contribution in [0.2, 0.25) is 0 Å². The van der Waals surface area contributed by atoms with Gasteiger partial charge in [0.15, 0.2) is 0 Å². The Morgan fingerprint density at radius 2 is 2.17 bits per heavy atom. The van der Waals surface area contributed by atoms with Crippen molar-refractivity contribution in [1.82, 2.24) is 20.0 Å². The highest BCUT2D eigenvalue weighted by molar-refractivity contribution is 5.77. The van der Waals surface area contributed by atoms with Crippen LogP contribution < -0.4 is 11.1 Å². The highest BCUT2D eigenvalue weighted by Gasteiger charge is 2.28. The van der Waals surface area contributed by atoms with Gasteiger partial charge in [0.05, 0.1) is 0 Å². The molecular formula is C12H19N5O. The molecule has 0 spiro atoms. The summed E-state index contributed by atoms with van der Waals surface area (Å²) in [5, 5.41) is 7.51. The summed E-state index contributed by atoms with van der Waals surface area (Å²) >= 11 is 0. The molecule has 1 aromatic heterocycles. The number of piperidine rings is 1. The van der Waals surface area contributed by atoms with E-state index in [0.29, 0.717) is 18.4 Å². The van der Waals surface area contributed by atoms with E-state index < -0.39 is 0 Å². The second-order valence-electron chi connectivity index (χ2n) is 5.04. The van der Waals surface area contributed by atoms with Crippen molar-refractivity contribution in [1.29, 1.82) is 0 Å². The molecule has 0 atom stereocenters. The maximum Gasteiger partial charge on any atom is 0.244 e. The molecule has 1 aromatic rings. The van der Waals surface area contributed by atoms with Crippen LogP contribution in [0.25, 0.3) is 0 Å². The molecule has 1 saturated heterocycles. The molecule has 98 valence electrons. The predicted octanol–water partition coefficient (Wildman–Crippen LogP) is -0.398. The van der Waals surface area contributed by atoms with E-state index in [9.17, 15) is 4.79 Å². The highest BCUT2D eigenvalue weighted by atomic mass is 16.2. The first-order chi connectivity index (χ1) is 8.74. The van der Waals surface area contributed by atoms with Crippen molar-refractivity contribution in [2.24, 2.45) is 0 Å². The van der Waals surface area contributed by atoms with E-state index in [1.807, 2.05) is 11.0 Å². The summed E-state index contributed by atoms with van der Waals surface area (Å²) in [4.78, 5) is 14.3. The second kappa shape index (κ2) is 4.61. The zero-order chi connectivity index (χ0) is 12.5. The fourth-order valence-electron chi connectivity index (χ4n) is 2.90. The second-order valence-corrected chi connectivity index (χ2v) is 5.04. The first-order valence-electron chi connectivity index (χ1n) is 6.56. The number of nitrogen functional groups attached to an aromatic ring is 1. The predicted molar refractivity (Wildman–Crippen MR) is 67.9 cm³/mol. The number of anilines is 1. The minimum absolute atomic E-state index is 0.170. The van der Waals surface area contributed by atoms with Crippen LogP contribution in [0.4, 0.5) is 5.82 Å². The van der Waals surface area contributed by atoms with Gasteiger partial charge in [-0.3, -0.25) is 9.48 Å². The largest absolute Gasteiger partial charge is 0.382 e. The quantitative estimate of drug-likeness (QED) is 0.710. The van der Waals surface area contributed by atoms with Crippen LogP contribution in [0, 0.1) is 0 Å². The van der Waals surface area contributed by atoms with Gasteiger partial charge in [0, 0.05) is 30.8 Å². The minimum Gasteiger partial charge on any atom is -0.382 e. The van der Waals surface area contributed by atoms with Gasteiger partial charge in [0.2, 0.25) is 5.91 Å². The van der Waals surface area contributed by atoms with Gasteiger partial charge in [-0.15, -0.1) is 0 Å². The van der Waals surface area contributed by atoms with Crippen molar-refractivity contribution in [2.45, 2.75) is 31.8 Å². The summed E-state index contributed by atoms with van der Waals surface area (Å²) in [6, 6.07) is 2.26. The Bertz CT molecular complexity index is 449. The van der Waals surface area contributed by atoms with Gasteiger partial charge in [-0.1, -0.05) is 0 Å². The van der Waals surface area contributed by atoms with Crippen molar-refractivity contribution in [2.75, 3.05) is 25.4 Å². The lowest BCUT2D eigenvalue weighted by molar-refractivity contribution is -0.134. The number of rotatable bonds is 1. The third kappa shape index (κ3) is 2.08. The summed E-state index contributed by atoms with van der Waals surface area (Å²) in [6.07, 6.45) is 2.95. The van der Waals surface area contributed by atoms with Crippen LogP contribution in [-0.2, 0) is 17.8 Å². The van der Waals surface area contributed by atoms with Crippen molar-refractivity contribution in [3.8, 4) is 0 Å². The average Bonchev–Trinajstić information content (AvgIpc) is 2.63. The van der Waals surface area contributed by atoms with Crippen LogP contribution >= 0.6 is 0 Å². The number of aromatic nitrogens is 2. The molecule has 1 fully saturated rings. The van der Waals surface area contributed by atoms with Gasteiger partial charge in [0.1, 0.15) is 12.4 Å². The summed E-state index contributed by atoms with van der Waals surface area (Å²) in [5.41, 5.74) is 6.73. The summed E-state index contributed by atoms with van der Waals surface area (Å²) < 4.78 is 1.75. The number of hydrogen-bond acceptors (Lipinski definition) is 4. The van der Waals surface area contributed by atoms with Gasteiger partial charge in [0.25, 0.3) is 0 Å². The average molecular weight is 249 g/mol. The first-order valence-corrected chi connectivity index (χ1v) is 6.56. The van der Waals surface area contributed by atoms with Crippen molar-refractivity contribution in [3.63, 3.8) is 0 Å². The number of nitrogens with zero attached hydrogens (tertiary/aromatic N) is 3. The fraction of sp³-hybridized carbons (Fsp3) is 0.667. The molecule has 3 N–H and O–H groups in total. The van der Waals surface area contributed by atoms with Crippen molar-refractivity contribution < 1.29 is 4.79 Å². The summed E-state index contributed by atoms with van der Waals surface area (Å²) in [6.45, 7) is 3.13.